The number of nitrogens with one attached hydrogen (secondary N) is 1. The molecule has 0 aliphatic carbocycles. The number of methoxy groups -OCH3 is 1. The van der Waals surface area contributed by atoms with Crippen LogP contribution in [0.5, 0.6) is 0 Å². The summed E-state index contributed by atoms with van der Waals surface area (Å²) in [7, 11) is 1.33. The summed E-state index contributed by atoms with van der Waals surface area (Å²) in [6, 6.07) is 1.30. The molecule has 0 saturated heterocycles. The Labute approximate surface area is 111 Å². The van der Waals surface area contributed by atoms with Gasteiger partial charge in [-0.3, -0.25) is 4.79 Å². The van der Waals surface area contributed by atoms with E-state index in [0.29, 0.717) is 17.2 Å². The number of rotatable bonds is 5. The van der Waals surface area contributed by atoms with Gasteiger partial charge < -0.3 is 10.1 Å². The van der Waals surface area contributed by atoms with Crippen molar-refractivity contribution in [3.05, 3.63) is 21.9 Å². The highest BCUT2D eigenvalue weighted by Crippen LogP contribution is 2.16. The third-order valence-corrected chi connectivity index (χ3v) is 3.58. The fraction of sp³-hybridized carbons (Fsp3) is 0.538. The lowest BCUT2D eigenvalue weighted by atomic mass is 10.0. The fourth-order valence-electron chi connectivity index (χ4n) is 1.66. The number of thiophene rings is 1. The highest BCUT2D eigenvalue weighted by molar-refractivity contribution is 7.12. The smallest absolute Gasteiger partial charge is 0.328 e. The molecular weight excluding hydrogens is 250 g/mol. The van der Waals surface area contributed by atoms with Crippen LogP contribution in [-0.4, -0.2) is 25.0 Å². The minimum absolute atomic E-state index is 0.210. The Hall–Kier alpha value is -1.36. The zero-order valence-electron chi connectivity index (χ0n) is 11.1. The van der Waals surface area contributed by atoms with Gasteiger partial charge in [0.15, 0.2) is 0 Å². The Morgan fingerprint density at radius 3 is 2.56 bits per heavy atom. The Bertz CT molecular complexity index is 426. The molecule has 1 unspecified atom stereocenters. The van der Waals surface area contributed by atoms with Gasteiger partial charge in [0.2, 0.25) is 0 Å². The van der Waals surface area contributed by atoms with Crippen molar-refractivity contribution < 1.29 is 14.3 Å². The molecule has 1 N–H and O–H groups in total. The van der Waals surface area contributed by atoms with Gasteiger partial charge in [-0.05, 0) is 36.3 Å². The number of hydrogen-bond acceptors (Lipinski definition) is 4. The number of amides is 1. The average molecular weight is 269 g/mol. The second-order valence-electron chi connectivity index (χ2n) is 4.61. The summed E-state index contributed by atoms with van der Waals surface area (Å²) in [5.41, 5.74) is 0.922. The molecule has 0 spiro atoms. The molecule has 0 saturated carbocycles. The zero-order valence-corrected chi connectivity index (χ0v) is 12.0. The van der Waals surface area contributed by atoms with Gasteiger partial charge in [-0.25, -0.2) is 4.79 Å². The van der Waals surface area contributed by atoms with E-state index < -0.39 is 12.0 Å². The summed E-state index contributed by atoms with van der Waals surface area (Å²) in [4.78, 5) is 24.3. The molecule has 18 heavy (non-hydrogen) atoms. The first kappa shape index (κ1) is 14.7. The van der Waals surface area contributed by atoms with Crippen LogP contribution in [0.2, 0.25) is 0 Å². The van der Waals surface area contributed by atoms with Crippen LogP contribution in [0.1, 0.15) is 35.5 Å². The van der Waals surface area contributed by atoms with Gasteiger partial charge in [-0.15, -0.1) is 11.3 Å². The van der Waals surface area contributed by atoms with Crippen molar-refractivity contribution in [3.63, 3.8) is 0 Å². The van der Waals surface area contributed by atoms with Crippen molar-refractivity contribution in [2.45, 2.75) is 33.2 Å². The first-order valence-corrected chi connectivity index (χ1v) is 6.76. The third-order valence-electron chi connectivity index (χ3n) is 2.57. The van der Waals surface area contributed by atoms with E-state index >= 15 is 0 Å². The molecular formula is C13H19NO3S. The van der Waals surface area contributed by atoms with Crippen LogP contribution < -0.4 is 5.32 Å². The van der Waals surface area contributed by atoms with Gasteiger partial charge in [-0.1, -0.05) is 13.8 Å². The standard InChI is InChI=1S/C13H19NO3S/c1-8(2)7-10(13(16)17-4)14-12(15)11-9(3)5-6-18-11/h5-6,8,10H,7H2,1-4H3,(H,14,15). The molecule has 100 valence electrons. The highest BCUT2D eigenvalue weighted by atomic mass is 32.1. The molecule has 0 fully saturated rings. The van der Waals surface area contributed by atoms with E-state index in [1.807, 2.05) is 32.2 Å². The van der Waals surface area contributed by atoms with Crippen LogP contribution in [0.15, 0.2) is 11.4 Å². The largest absolute Gasteiger partial charge is 0.467 e. The zero-order chi connectivity index (χ0) is 13.7. The van der Waals surface area contributed by atoms with Gasteiger partial charge in [0.05, 0.1) is 12.0 Å². The van der Waals surface area contributed by atoms with E-state index in [1.165, 1.54) is 18.4 Å². The Morgan fingerprint density at radius 2 is 2.11 bits per heavy atom. The monoisotopic (exact) mass is 269 g/mol. The molecule has 0 radical (unpaired) electrons. The number of esters is 1. The summed E-state index contributed by atoms with van der Waals surface area (Å²) >= 11 is 1.37. The van der Waals surface area contributed by atoms with E-state index in [-0.39, 0.29) is 5.91 Å². The number of aryl methyl sites for hydroxylation is 1. The predicted molar refractivity (Wildman–Crippen MR) is 71.8 cm³/mol. The summed E-state index contributed by atoms with van der Waals surface area (Å²) in [6.07, 6.45) is 0.572. The van der Waals surface area contributed by atoms with Crippen molar-refractivity contribution in [3.8, 4) is 0 Å². The molecule has 0 bridgehead atoms. The normalized spacial score (nSPS) is 12.3. The van der Waals surface area contributed by atoms with Gasteiger partial charge >= 0.3 is 5.97 Å². The number of carbonyl (C=O) groups is 2. The molecule has 0 aliphatic heterocycles. The second kappa shape index (κ2) is 6.54. The van der Waals surface area contributed by atoms with Crippen molar-refractivity contribution in [1.82, 2.24) is 5.32 Å². The first-order valence-electron chi connectivity index (χ1n) is 5.88. The summed E-state index contributed by atoms with van der Waals surface area (Å²) in [5.74, 6) is -0.302. The Balaban J connectivity index is 2.74. The first-order chi connectivity index (χ1) is 8.45. The molecule has 0 aliphatic rings. The molecule has 4 nitrogen and oxygen atoms in total. The molecule has 1 aromatic heterocycles. The quantitative estimate of drug-likeness (QED) is 0.835. The maximum absolute atomic E-state index is 12.0. The Morgan fingerprint density at radius 1 is 1.44 bits per heavy atom. The lowest BCUT2D eigenvalue weighted by Crippen LogP contribution is -2.42. The van der Waals surface area contributed by atoms with E-state index in [1.54, 1.807) is 0 Å². The van der Waals surface area contributed by atoms with Crippen molar-refractivity contribution in [1.29, 1.82) is 0 Å². The molecule has 1 aromatic rings. The lowest BCUT2D eigenvalue weighted by molar-refractivity contribution is -0.143. The molecule has 0 aromatic carbocycles. The molecule has 1 atom stereocenters. The van der Waals surface area contributed by atoms with E-state index in [2.05, 4.69) is 5.32 Å². The number of carbonyl (C=O) groups excluding carboxylic acids is 2. The molecule has 5 heteroatoms. The van der Waals surface area contributed by atoms with Crippen molar-refractivity contribution >= 4 is 23.2 Å². The summed E-state index contributed by atoms with van der Waals surface area (Å²) < 4.78 is 4.71. The van der Waals surface area contributed by atoms with E-state index in [4.69, 9.17) is 4.74 Å². The number of ether oxygens (including phenoxy) is 1. The highest BCUT2D eigenvalue weighted by Gasteiger charge is 2.24. The number of hydrogen-bond donors (Lipinski definition) is 1. The van der Waals surface area contributed by atoms with Crippen LogP contribution in [-0.2, 0) is 9.53 Å². The van der Waals surface area contributed by atoms with Gasteiger partial charge in [0.25, 0.3) is 5.91 Å². The average Bonchev–Trinajstić information content (AvgIpc) is 2.73. The minimum atomic E-state index is -0.580. The van der Waals surface area contributed by atoms with Crippen molar-refractivity contribution in [2.24, 2.45) is 5.92 Å². The molecule has 1 heterocycles. The maximum atomic E-state index is 12.0. The third kappa shape index (κ3) is 3.84. The maximum Gasteiger partial charge on any atom is 0.328 e. The van der Waals surface area contributed by atoms with Crippen LogP contribution in [0, 0.1) is 12.8 Å². The van der Waals surface area contributed by atoms with Gasteiger partial charge in [0, 0.05) is 0 Å². The van der Waals surface area contributed by atoms with Crippen LogP contribution in [0.4, 0.5) is 0 Å². The van der Waals surface area contributed by atoms with Crippen LogP contribution in [0.25, 0.3) is 0 Å². The molecule has 1 rings (SSSR count). The SMILES string of the molecule is COC(=O)C(CC(C)C)NC(=O)c1sccc1C. The van der Waals surface area contributed by atoms with E-state index in [9.17, 15) is 9.59 Å². The van der Waals surface area contributed by atoms with Crippen molar-refractivity contribution in [2.75, 3.05) is 7.11 Å². The fourth-order valence-corrected chi connectivity index (χ4v) is 2.49. The summed E-state index contributed by atoms with van der Waals surface area (Å²) in [6.45, 7) is 5.87. The Kier molecular flexibility index (Phi) is 5.34. The topological polar surface area (TPSA) is 55.4 Å². The lowest BCUT2D eigenvalue weighted by Gasteiger charge is -2.18. The van der Waals surface area contributed by atoms with Gasteiger partial charge in [-0.2, -0.15) is 0 Å². The van der Waals surface area contributed by atoms with Gasteiger partial charge in [0.1, 0.15) is 6.04 Å². The second-order valence-corrected chi connectivity index (χ2v) is 5.53. The summed E-state index contributed by atoms with van der Waals surface area (Å²) in [5, 5.41) is 4.60. The predicted octanol–water partition coefficient (Wildman–Crippen LogP) is 2.37. The van der Waals surface area contributed by atoms with Crippen LogP contribution in [0.3, 0.4) is 0 Å². The van der Waals surface area contributed by atoms with Crippen LogP contribution >= 0.6 is 11.3 Å². The minimum Gasteiger partial charge on any atom is -0.467 e. The molecule has 1 amide bonds. The van der Waals surface area contributed by atoms with E-state index in [0.717, 1.165) is 5.56 Å².